The number of imidazole rings is 1. The Morgan fingerprint density at radius 3 is 2.85 bits per heavy atom. The topological polar surface area (TPSA) is 120 Å². The molecule has 0 aliphatic carbocycles. The van der Waals surface area contributed by atoms with Crippen LogP contribution in [0.2, 0.25) is 5.02 Å². The molecule has 0 saturated carbocycles. The highest BCUT2D eigenvalue weighted by molar-refractivity contribution is 7.59. The number of nitrogens with two attached hydrogens (primary N) is 1. The minimum absolute atomic E-state index is 0. The summed E-state index contributed by atoms with van der Waals surface area (Å²) in [5.41, 5.74) is 7.84. The van der Waals surface area contributed by atoms with Gasteiger partial charge in [-0.2, -0.15) is 18.5 Å². The molecule has 1 aliphatic rings. The second kappa shape index (κ2) is 11.5. The van der Waals surface area contributed by atoms with E-state index in [-0.39, 0.29) is 43.7 Å². The molecule has 9 nitrogen and oxygen atoms in total. The van der Waals surface area contributed by atoms with E-state index in [9.17, 15) is 4.79 Å². The summed E-state index contributed by atoms with van der Waals surface area (Å²) in [6.07, 6.45) is 6.80. The Morgan fingerprint density at radius 2 is 2.12 bits per heavy atom. The van der Waals surface area contributed by atoms with Crippen molar-refractivity contribution in [2.75, 3.05) is 25.1 Å². The van der Waals surface area contributed by atoms with Gasteiger partial charge in [-0.05, 0) is 37.5 Å². The molecule has 4 N–H and O–H groups in total. The molecule has 0 bridgehead atoms. The van der Waals surface area contributed by atoms with Gasteiger partial charge in [-0.25, -0.2) is 9.97 Å². The molecule has 0 radical (unpaired) electrons. The fraction of sp³-hybridized carbons (Fsp3) is 0.364. The summed E-state index contributed by atoms with van der Waals surface area (Å²) < 4.78 is 7.12. The first-order valence-corrected chi connectivity index (χ1v) is 10.9. The maximum Gasteiger partial charge on any atom is 0.272 e. The van der Waals surface area contributed by atoms with Gasteiger partial charge in [-0.3, -0.25) is 9.36 Å². The third-order valence-electron chi connectivity index (χ3n) is 5.35. The lowest BCUT2D eigenvalue weighted by Crippen LogP contribution is -2.33. The Kier molecular flexibility index (Phi) is 8.67. The molecule has 11 heteroatoms. The number of carbonyl (C=O) groups excluding carboxylic acids is 1. The van der Waals surface area contributed by atoms with Gasteiger partial charge in [-0.1, -0.05) is 23.7 Å². The summed E-state index contributed by atoms with van der Waals surface area (Å²) in [6, 6.07) is 7.17. The van der Waals surface area contributed by atoms with Crippen LogP contribution in [0.25, 0.3) is 5.82 Å². The van der Waals surface area contributed by atoms with Crippen LogP contribution < -0.4 is 16.4 Å². The Hall–Kier alpha value is -2.66. The fourth-order valence-corrected chi connectivity index (χ4v) is 3.78. The van der Waals surface area contributed by atoms with E-state index in [0.717, 1.165) is 37.2 Å². The van der Waals surface area contributed by atoms with Crippen LogP contribution in [-0.4, -0.2) is 51.2 Å². The van der Waals surface area contributed by atoms with E-state index in [1.165, 1.54) is 0 Å². The zero-order valence-corrected chi connectivity index (χ0v) is 20.0. The first-order chi connectivity index (χ1) is 15.5. The first-order valence-electron chi connectivity index (χ1n) is 10.5. The number of ether oxygens (including phenoxy) is 1. The smallest absolute Gasteiger partial charge is 0.272 e. The molecule has 0 unspecified atom stereocenters. The molecule has 2 aromatic heterocycles. The molecule has 1 fully saturated rings. The Bertz CT molecular complexity index is 1090. The van der Waals surface area contributed by atoms with Crippen LogP contribution in [0, 0.1) is 6.92 Å². The summed E-state index contributed by atoms with van der Waals surface area (Å²) >= 11 is 6.07. The van der Waals surface area contributed by atoms with E-state index in [1.807, 2.05) is 19.1 Å². The summed E-state index contributed by atoms with van der Waals surface area (Å²) in [6.45, 7) is 3.61. The average Bonchev–Trinajstić information content (AvgIpc) is 3.29. The van der Waals surface area contributed by atoms with E-state index in [2.05, 4.69) is 25.6 Å². The van der Waals surface area contributed by atoms with Crippen LogP contribution in [0.4, 0.5) is 5.95 Å². The van der Waals surface area contributed by atoms with Crippen LogP contribution in [0.15, 0.2) is 43.0 Å². The average molecular weight is 490 g/mol. The fourth-order valence-electron chi connectivity index (χ4n) is 3.58. The van der Waals surface area contributed by atoms with Crippen molar-refractivity contribution in [2.24, 2.45) is 5.73 Å². The zero-order valence-electron chi connectivity index (χ0n) is 18.3. The Labute approximate surface area is 204 Å². The molecule has 1 saturated heterocycles. The number of halogens is 1. The summed E-state index contributed by atoms with van der Waals surface area (Å²) in [5, 5.41) is 6.87. The number of carbonyl (C=O) groups is 1. The van der Waals surface area contributed by atoms with Gasteiger partial charge in [0.05, 0.1) is 6.04 Å². The number of rotatable bonds is 7. The third-order valence-corrected chi connectivity index (χ3v) is 5.59. The number of amides is 1. The van der Waals surface area contributed by atoms with Crippen molar-refractivity contribution in [1.29, 1.82) is 0 Å². The van der Waals surface area contributed by atoms with Gasteiger partial charge in [0.25, 0.3) is 5.91 Å². The van der Waals surface area contributed by atoms with Crippen molar-refractivity contribution in [1.82, 2.24) is 24.8 Å². The zero-order chi connectivity index (χ0) is 22.5. The molecule has 1 amide bonds. The van der Waals surface area contributed by atoms with Gasteiger partial charge in [0.15, 0.2) is 0 Å². The largest absolute Gasteiger partial charge is 0.381 e. The number of nitrogens with zero attached hydrogens (tertiary/aromatic N) is 4. The number of anilines is 1. The quantitative estimate of drug-likeness (QED) is 0.466. The highest BCUT2D eigenvalue weighted by atomic mass is 35.5. The molecule has 0 spiro atoms. The molecule has 1 aliphatic heterocycles. The lowest BCUT2D eigenvalue weighted by molar-refractivity contribution is 0.0903. The molecule has 3 aromatic rings. The molecule has 4 rings (SSSR count). The SMILES string of the molecule is Cc1cnc(NC2CCOCC2)nc1-n1cnc(C(=O)N[C@H](CN)c2cccc(Cl)c2)c1.S. The highest BCUT2D eigenvalue weighted by Gasteiger charge is 2.19. The molecular weight excluding hydrogens is 462 g/mol. The number of benzene rings is 1. The van der Waals surface area contributed by atoms with E-state index in [0.29, 0.717) is 16.8 Å². The number of aryl methyl sites for hydroxylation is 1. The molecule has 3 heterocycles. The summed E-state index contributed by atoms with van der Waals surface area (Å²) in [7, 11) is 0. The van der Waals surface area contributed by atoms with Gasteiger partial charge in [0.2, 0.25) is 5.95 Å². The van der Waals surface area contributed by atoms with Crippen LogP contribution in [-0.2, 0) is 4.74 Å². The number of hydrogen-bond acceptors (Lipinski definition) is 7. The van der Waals surface area contributed by atoms with E-state index in [4.69, 9.17) is 22.1 Å². The minimum Gasteiger partial charge on any atom is -0.381 e. The maximum absolute atomic E-state index is 12.8. The van der Waals surface area contributed by atoms with Gasteiger partial charge >= 0.3 is 0 Å². The predicted molar refractivity (Wildman–Crippen MR) is 132 cm³/mol. The second-order valence-electron chi connectivity index (χ2n) is 7.71. The van der Waals surface area contributed by atoms with Crippen LogP contribution in [0.5, 0.6) is 0 Å². The van der Waals surface area contributed by atoms with Crippen molar-refractivity contribution in [2.45, 2.75) is 31.8 Å². The lowest BCUT2D eigenvalue weighted by atomic mass is 10.1. The van der Waals surface area contributed by atoms with Crippen LogP contribution in [0.1, 0.15) is 40.5 Å². The van der Waals surface area contributed by atoms with Crippen molar-refractivity contribution in [3.05, 3.63) is 64.8 Å². The summed E-state index contributed by atoms with van der Waals surface area (Å²) in [5.74, 6) is 0.874. The van der Waals surface area contributed by atoms with E-state index < -0.39 is 0 Å². The molecule has 1 atom stereocenters. The Balaban J connectivity index is 0.00000306. The van der Waals surface area contributed by atoms with Gasteiger partial charge in [0, 0.05) is 48.8 Å². The van der Waals surface area contributed by atoms with Crippen LogP contribution in [0.3, 0.4) is 0 Å². The standard InChI is InChI=1S/C22H26ClN7O2.H2S/c1-14-11-25-22(27-17-5-7-32-8-6-17)29-20(14)30-12-19(26-13-30)21(31)28-18(10-24)15-3-2-4-16(23)9-15;/h2-4,9,11-13,17-18H,5-8,10,24H2,1H3,(H,28,31)(H,25,27,29);1H2/t18-;/m1./s1. The lowest BCUT2D eigenvalue weighted by Gasteiger charge is -2.23. The van der Waals surface area contributed by atoms with Gasteiger partial charge in [0.1, 0.15) is 17.8 Å². The second-order valence-corrected chi connectivity index (χ2v) is 8.15. The highest BCUT2D eigenvalue weighted by Crippen LogP contribution is 2.19. The first kappa shape index (κ1) is 25.0. The monoisotopic (exact) mass is 489 g/mol. The number of aromatic nitrogens is 4. The van der Waals surface area contributed by atoms with Crippen molar-refractivity contribution in [3.8, 4) is 5.82 Å². The Morgan fingerprint density at radius 1 is 1.33 bits per heavy atom. The number of nitrogens with one attached hydrogen (secondary N) is 2. The van der Waals surface area contributed by atoms with Gasteiger partial charge < -0.3 is 21.1 Å². The number of hydrogen-bond donors (Lipinski definition) is 3. The molecule has 176 valence electrons. The van der Waals surface area contributed by atoms with E-state index in [1.54, 1.807) is 35.4 Å². The van der Waals surface area contributed by atoms with E-state index >= 15 is 0 Å². The molecule has 33 heavy (non-hydrogen) atoms. The van der Waals surface area contributed by atoms with Crippen LogP contribution >= 0.6 is 25.1 Å². The normalized spacial score (nSPS) is 14.9. The van der Waals surface area contributed by atoms with Gasteiger partial charge in [-0.15, -0.1) is 0 Å². The molecule has 1 aromatic carbocycles. The van der Waals surface area contributed by atoms with Crippen molar-refractivity contribution in [3.63, 3.8) is 0 Å². The minimum atomic E-state index is -0.373. The van der Waals surface area contributed by atoms with Crippen molar-refractivity contribution >= 4 is 37.0 Å². The maximum atomic E-state index is 12.8. The molecular formula is C22H28ClN7O2S. The summed E-state index contributed by atoms with van der Waals surface area (Å²) in [4.78, 5) is 26.1. The third kappa shape index (κ3) is 6.23. The van der Waals surface area contributed by atoms with Crippen molar-refractivity contribution < 1.29 is 9.53 Å². The predicted octanol–water partition coefficient (Wildman–Crippen LogP) is 2.76.